The van der Waals surface area contributed by atoms with E-state index in [1.54, 1.807) is 4.90 Å². The molecule has 1 fully saturated rings. The van der Waals surface area contributed by atoms with E-state index in [0.717, 1.165) is 16.8 Å². The van der Waals surface area contributed by atoms with Crippen LogP contribution in [0.2, 0.25) is 0 Å². The Morgan fingerprint density at radius 2 is 2.05 bits per heavy atom. The number of ether oxygens (including phenoxy) is 1. The Morgan fingerprint density at radius 3 is 2.68 bits per heavy atom. The van der Waals surface area contributed by atoms with Crippen LogP contribution in [0, 0.1) is 19.8 Å². The average Bonchev–Trinajstić information content (AvgIpc) is 2.75. The Hall–Kier alpha value is -2.04. The molecule has 1 saturated heterocycles. The molecule has 1 aromatic rings. The van der Waals surface area contributed by atoms with Gasteiger partial charge in [0.05, 0.1) is 13.0 Å². The van der Waals surface area contributed by atoms with Crippen LogP contribution < -0.4 is 10.6 Å². The Labute approximate surface area is 112 Å². The topological polar surface area (TPSA) is 72.6 Å². The molecule has 0 spiro atoms. The Bertz CT molecular complexity index is 540. The van der Waals surface area contributed by atoms with Crippen molar-refractivity contribution >= 4 is 23.3 Å². The highest BCUT2D eigenvalue weighted by Gasteiger charge is 2.36. The number of carbonyl (C=O) groups is 2. The predicted octanol–water partition coefficient (Wildman–Crippen LogP) is 1.41. The second-order valence-corrected chi connectivity index (χ2v) is 4.92. The van der Waals surface area contributed by atoms with Crippen molar-refractivity contribution in [2.45, 2.75) is 20.3 Å². The van der Waals surface area contributed by atoms with Crippen LogP contribution in [0.4, 0.5) is 11.4 Å². The monoisotopic (exact) mass is 262 g/mol. The molecule has 1 amide bonds. The lowest BCUT2D eigenvalue weighted by Gasteiger charge is -2.20. The van der Waals surface area contributed by atoms with Gasteiger partial charge in [-0.3, -0.25) is 9.59 Å². The van der Waals surface area contributed by atoms with Gasteiger partial charge in [0.15, 0.2) is 0 Å². The van der Waals surface area contributed by atoms with Gasteiger partial charge in [0.2, 0.25) is 5.91 Å². The molecular formula is C14H18N2O3. The number of aryl methyl sites for hydroxylation is 2. The molecule has 0 radical (unpaired) electrons. The Balaban J connectivity index is 2.30. The summed E-state index contributed by atoms with van der Waals surface area (Å²) >= 11 is 0. The fraction of sp³-hybridized carbons (Fsp3) is 0.429. The summed E-state index contributed by atoms with van der Waals surface area (Å²) in [7, 11) is 1.34. The van der Waals surface area contributed by atoms with E-state index in [0.29, 0.717) is 12.2 Å². The third-order valence-electron chi connectivity index (χ3n) is 3.53. The first-order valence-electron chi connectivity index (χ1n) is 6.19. The minimum atomic E-state index is -0.380. The van der Waals surface area contributed by atoms with Crippen molar-refractivity contribution in [1.29, 1.82) is 0 Å². The van der Waals surface area contributed by atoms with Crippen molar-refractivity contribution in [1.82, 2.24) is 0 Å². The van der Waals surface area contributed by atoms with Crippen molar-refractivity contribution in [3.8, 4) is 0 Å². The lowest BCUT2D eigenvalue weighted by Crippen LogP contribution is -2.27. The number of rotatable bonds is 2. The number of carbonyl (C=O) groups excluding carboxylic acids is 2. The normalized spacial score (nSPS) is 18.8. The molecule has 0 aliphatic carbocycles. The third kappa shape index (κ3) is 2.41. The van der Waals surface area contributed by atoms with Gasteiger partial charge in [-0.2, -0.15) is 0 Å². The second kappa shape index (κ2) is 4.91. The van der Waals surface area contributed by atoms with Gasteiger partial charge < -0.3 is 15.4 Å². The number of methoxy groups -OCH3 is 1. The van der Waals surface area contributed by atoms with E-state index in [1.807, 2.05) is 26.0 Å². The van der Waals surface area contributed by atoms with Gasteiger partial charge in [-0.1, -0.05) is 0 Å². The molecule has 0 saturated carbocycles. The van der Waals surface area contributed by atoms with Crippen LogP contribution in [0.3, 0.4) is 0 Å². The van der Waals surface area contributed by atoms with E-state index >= 15 is 0 Å². The summed E-state index contributed by atoms with van der Waals surface area (Å²) in [5.74, 6) is -0.766. The van der Waals surface area contributed by atoms with Crippen LogP contribution in [0.1, 0.15) is 17.5 Å². The summed E-state index contributed by atoms with van der Waals surface area (Å²) in [6, 6.07) is 3.74. The van der Waals surface area contributed by atoms with E-state index in [2.05, 4.69) is 0 Å². The molecule has 1 unspecified atom stereocenters. The molecule has 19 heavy (non-hydrogen) atoms. The highest BCUT2D eigenvalue weighted by atomic mass is 16.5. The number of benzene rings is 1. The number of nitrogens with two attached hydrogens (primary N) is 1. The SMILES string of the molecule is COC(=O)C1CC(=O)N(c2cc(C)c(N)cc2C)C1. The summed E-state index contributed by atoms with van der Waals surface area (Å²) in [6.07, 6.45) is 0.204. The van der Waals surface area contributed by atoms with E-state index in [4.69, 9.17) is 10.5 Å². The maximum Gasteiger partial charge on any atom is 0.311 e. The summed E-state index contributed by atoms with van der Waals surface area (Å²) in [4.78, 5) is 25.2. The summed E-state index contributed by atoms with van der Waals surface area (Å²) in [5.41, 5.74) is 9.23. The number of amides is 1. The van der Waals surface area contributed by atoms with Gasteiger partial charge in [-0.05, 0) is 37.1 Å². The zero-order valence-corrected chi connectivity index (χ0v) is 11.4. The summed E-state index contributed by atoms with van der Waals surface area (Å²) < 4.78 is 4.70. The fourth-order valence-corrected chi connectivity index (χ4v) is 2.38. The molecule has 1 aliphatic rings. The zero-order valence-electron chi connectivity index (χ0n) is 11.4. The van der Waals surface area contributed by atoms with Crippen molar-refractivity contribution < 1.29 is 14.3 Å². The number of nitrogen functional groups attached to an aromatic ring is 1. The maximum atomic E-state index is 12.0. The lowest BCUT2D eigenvalue weighted by atomic mass is 10.1. The van der Waals surface area contributed by atoms with E-state index in [1.165, 1.54) is 7.11 Å². The molecule has 1 atom stereocenters. The molecule has 1 heterocycles. The van der Waals surface area contributed by atoms with Crippen LogP contribution in [0.25, 0.3) is 0 Å². The first kappa shape index (κ1) is 13.4. The number of anilines is 2. The largest absolute Gasteiger partial charge is 0.469 e. The maximum absolute atomic E-state index is 12.0. The van der Waals surface area contributed by atoms with Gasteiger partial charge in [0.1, 0.15) is 0 Å². The van der Waals surface area contributed by atoms with Crippen LogP contribution in [-0.4, -0.2) is 25.5 Å². The quantitative estimate of drug-likeness (QED) is 0.646. The van der Waals surface area contributed by atoms with Gasteiger partial charge >= 0.3 is 5.97 Å². The summed E-state index contributed by atoms with van der Waals surface area (Å²) in [5, 5.41) is 0. The lowest BCUT2D eigenvalue weighted by molar-refractivity contribution is -0.145. The van der Waals surface area contributed by atoms with Gasteiger partial charge in [0, 0.05) is 24.3 Å². The van der Waals surface area contributed by atoms with Crippen molar-refractivity contribution in [3.05, 3.63) is 23.3 Å². The molecule has 1 aliphatic heterocycles. The number of hydrogen-bond donors (Lipinski definition) is 1. The fourth-order valence-electron chi connectivity index (χ4n) is 2.38. The van der Waals surface area contributed by atoms with Gasteiger partial charge in [-0.25, -0.2) is 0 Å². The van der Waals surface area contributed by atoms with E-state index in [9.17, 15) is 9.59 Å². The highest BCUT2D eigenvalue weighted by Crippen LogP contribution is 2.31. The molecule has 2 rings (SSSR count). The number of nitrogens with zero attached hydrogens (tertiary/aromatic N) is 1. The van der Waals surface area contributed by atoms with E-state index < -0.39 is 0 Å². The molecule has 102 valence electrons. The molecule has 5 nitrogen and oxygen atoms in total. The standard InChI is InChI=1S/C14H18N2O3/c1-8-5-12(9(2)4-11(8)15)16-7-10(6-13(16)17)14(18)19-3/h4-5,10H,6-7,15H2,1-3H3. The first-order chi connectivity index (χ1) is 8.93. The summed E-state index contributed by atoms with van der Waals surface area (Å²) in [6.45, 7) is 4.18. The Morgan fingerprint density at radius 1 is 1.37 bits per heavy atom. The highest BCUT2D eigenvalue weighted by molar-refractivity contribution is 6.00. The van der Waals surface area contributed by atoms with Crippen molar-refractivity contribution in [2.24, 2.45) is 5.92 Å². The predicted molar refractivity (Wildman–Crippen MR) is 72.8 cm³/mol. The Kier molecular flexibility index (Phi) is 3.46. The van der Waals surface area contributed by atoms with Crippen LogP contribution in [-0.2, 0) is 14.3 Å². The molecule has 0 bridgehead atoms. The molecule has 1 aromatic carbocycles. The van der Waals surface area contributed by atoms with Gasteiger partial charge in [0.25, 0.3) is 0 Å². The van der Waals surface area contributed by atoms with Gasteiger partial charge in [-0.15, -0.1) is 0 Å². The number of hydrogen-bond acceptors (Lipinski definition) is 4. The van der Waals surface area contributed by atoms with Crippen LogP contribution in [0.15, 0.2) is 12.1 Å². The number of esters is 1. The molecular weight excluding hydrogens is 244 g/mol. The van der Waals surface area contributed by atoms with Crippen molar-refractivity contribution in [3.63, 3.8) is 0 Å². The second-order valence-electron chi connectivity index (χ2n) is 4.92. The molecule has 0 aromatic heterocycles. The smallest absolute Gasteiger partial charge is 0.311 e. The van der Waals surface area contributed by atoms with Crippen LogP contribution in [0.5, 0.6) is 0 Å². The van der Waals surface area contributed by atoms with Crippen LogP contribution >= 0.6 is 0 Å². The average molecular weight is 262 g/mol. The third-order valence-corrected chi connectivity index (χ3v) is 3.53. The first-order valence-corrected chi connectivity index (χ1v) is 6.19. The minimum Gasteiger partial charge on any atom is -0.469 e. The minimum absolute atomic E-state index is 0.0531. The van der Waals surface area contributed by atoms with Crippen molar-refractivity contribution in [2.75, 3.05) is 24.3 Å². The molecule has 2 N–H and O–H groups in total. The zero-order chi connectivity index (χ0) is 14.2. The van der Waals surface area contributed by atoms with E-state index in [-0.39, 0.29) is 24.2 Å². The molecule has 5 heteroatoms.